The van der Waals surface area contributed by atoms with Crippen molar-refractivity contribution in [2.75, 3.05) is 39.1 Å². The molecule has 2 amide bonds. The van der Waals surface area contributed by atoms with E-state index in [4.69, 9.17) is 4.74 Å². The predicted molar refractivity (Wildman–Crippen MR) is 127 cm³/mol. The number of hydrogen-bond acceptors (Lipinski definition) is 6. The van der Waals surface area contributed by atoms with Crippen molar-refractivity contribution in [2.45, 2.75) is 25.0 Å². The summed E-state index contributed by atoms with van der Waals surface area (Å²) in [4.78, 5) is 45.4. The molecule has 1 saturated heterocycles. The Morgan fingerprint density at radius 2 is 1.91 bits per heavy atom. The third-order valence-electron chi connectivity index (χ3n) is 6.88. The van der Waals surface area contributed by atoms with E-state index in [1.807, 2.05) is 25.9 Å². The van der Waals surface area contributed by atoms with Crippen molar-refractivity contribution in [3.05, 3.63) is 64.7 Å². The summed E-state index contributed by atoms with van der Waals surface area (Å²) in [7, 11) is 5.33. The highest BCUT2D eigenvalue weighted by Gasteiger charge is 2.66. The van der Waals surface area contributed by atoms with Crippen LogP contribution in [-0.4, -0.2) is 72.8 Å². The van der Waals surface area contributed by atoms with Crippen molar-refractivity contribution in [3.63, 3.8) is 0 Å². The lowest BCUT2D eigenvalue weighted by atomic mass is 9.81. The van der Waals surface area contributed by atoms with Gasteiger partial charge < -0.3 is 24.5 Å². The summed E-state index contributed by atoms with van der Waals surface area (Å²) >= 11 is 0. The monoisotopic (exact) mass is 461 g/mol. The molecule has 2 unspecified atom stereocenters. The molecule has 176 valence electrons. The van der Waals surface area contributed by atoms with Gasteiger partial charge in [0.15, 0.2) is 5.54 Å². The number of para-hydroxylation sites is 1. The van der Waals surface area contributed by atoms with Crippen LogP contribution in [0.2, 0.25) is 0 Å². The Kier molecular flexibility index (Phi) is 5.02. The number of carbonyl (C=O) groups excluding carboxylic acids is 3. The molecule has 8 nitrogen and oxygen atoms in total. The average molecular weight is 462 g/mol. The van der Waals surface area contributed by atoms with E-state index in [0.29, 0.717) is 29.8 Å². The molecule has 0 aliphatic carbocycles. The molecule has 3 heterocycles. The summed E-state index contributed by atoms with van der Waals surface area (Å²) in [5.74, 6) is -1.72. The topological polar surface area (TPSA) is 90.4 Å². The second-order valence-corrected chi connectivity index (χ2v) is 9.36. The Morgan fingerprint density at radius 1 is 1.18 bits per heavy atom. The Morgan fingerprint density at radius 3 is 2.65 bits per heavy atom. The molecule has 1 spiro atoms. The maximum absolute atomic E-state index is 13.9. The molecule has 1 N–H and O–H groups in total. The van der Waals surface area contributed by atoms with E-state index in [-0.39, 0.29) is 24.0 Å². The van der Waals surface area contributed by atoms with E-state index in [0.717, 1.165) is 11.3 Å². The first-order valence-electron chi connectivity index (χ1n) is 11.3. The number of aliphatic hydroxyl groups is 1. The Hall–Kier alpha value is -3.65. The lowest BCUT2D eigenvalue weighted by Gasteiger charge is -2.34. The van der Waals surface area contributed by atoms with Crippen molar-refractivity contribution in [3.8, 4) is 5.75 Å². The quantitative estimate of drug-likeness (QED) is 0.426. The Bertz CT molecular complexity index is 1270. The zero-order chi connectivity index (χ0) is 24.4. The molecule has 3 aliphatic heterocycles. The summed E-state index contributed by atoms with van der Waals surface area (Å²) in [5, 5.41) is 11.5. The van der Waals surface area contributed by atoms with Gasteiger partial charge in [0, 0.05) is 43.4 Å². The molecule has 2 atom stereocenters. The average Bonchev–Trinajstić information content (AvgIpc) is 3.37. The molecule has 0 aromatic heterocycles. The van der Waals surface area contributed by atoms with Crippen LogP contribution >= 0.6 is 0 Å². The zero-order valence-electron chi connectivity index (χ0n) is 19.7. The molecular formula is C26H27N3O5. The Labute approximate surface area is 198 Å². The molecule has 8 heteroatoms. The molecule has 5 rings (SSSR count). The summed E-state index contributed by atoms with van der Waals surface area (Å²) < 4.78 is 5.76. The molecule has 2 aromatic carbocycles. The third-order valence-corrected chi connectivity index (χ3v) is 6.88. The summed E-state index contributed by atoms with van der Waals surface area (Å²) in [5.41, 5.74) is 0.489. The van der Waals surface area contributed by atoms with E-state index in [1.165, 1.54) is 9.80 Å². The fraction of sp³-hybridized carbons (Fsp3) is 0.346. The van der Waals surface area contributed by atoms with Gasteiger partial charge in [0.25, 0.3) is 17.6 Å². The third kappa shape index (κ3) is 2.91. The van der Waals surface area contributed by atoms with E-state index in [1.54, 1.807) is 49.5 Å². The molecule has 34 heavy (non-hydrogen) atoms. The second kappa shape index (κ2) is 7.70. The molecule has 0 bridgehead atoms. The molecule has 0 radical (unpaired) electrons. The van der Waals surface area contributed by atoms with Gasteiger partial charge in [0.05, 0.1) is 5.57 Å². The number of nitrogens with zero attached hydrogens (tertiary/aromatic N) is 3. The number of ketones is 1. The van der Waals surface area contributed by atoms with Crippen molar-refractivity contribution < 1.29 is 24.2 Å². The largest absolute Gasteiger partial charge is 0.507 e. The van der Waals surface area contributed by atoms with E-state index in [9.17, 15) is 19.5 Å². The summed E-state index contributed by atoms with van der Waals surface area (Å²) in [6.07, 6.45) is 0.683. The van der Waals surface area contributed by atoms with Crippen LogP contribution in [0.4, 0.5) is 5.69 Å². The second-order valence-electron chi connectivity index (χ2n) is 9.36. The zero-order valence-corrected chi connectivity index (χ0v) is 19.7. The van der Waals surface area contributed by atoms with Crippen LogP contribution < -0.4 is 9.64 Å². The minimum atomic E-state index is -1.72. The first-order chi connectivity index (χ1) is 16.2. The van der Waals surface area contributed by atoms with Crippen LogP contribution in [0.5, 0.6) is 5.75 Å². The number of likely N-dealkylation sites (N-methyl/N-ethyl adjacent to an activating group) is 2. The number of hydrogen-bond donors (Lipinski definition) is 1. The highest BCUT2D eigenvalue weighted by Crippen LogP contribution is 2.53. The predicted octanol–water partition coefficient (Wildman–Crippen LogP) is 2.12. The van der Waals surface area contributed by atoms with Gasteiger partial charge in [0.2, 0.25) is 0 Å². The minimum absolute atomic E-state index is 0.0135. The number of fused-ring (bicyclic) bond motifs is 3. The smallest absolute Gasteiger partial charge is 0.296 e. The molecular weight excluding hydrogens is 434 g/mol. The van der Waals surface area contributed by atoms with Gasteiger partial charge in [-0.3, -0.25) is 14.4 Å². The number of likely N-dealkylation sites (tertiary alicyclic amines) is 1. The van der Waals surface area contributed by atoms with Crippen LogP contribution in [0.3, 0.4) is 0 Å². The van der Waals surface area contributed by atoms with Crippen LogP contribution in [0.1, 0.15) is 23.6 Å². The van der Waals surface area contributed by atoms with E-state index < -0.39 is 23.1 Å². The van der Waals surface area contributed by atoms with Crippen molar-refractivity contribution in [2.24, 2.45) is 0 Å². The van der Waals surface area contributed by atoms with E-state index in [2.05, 4.69) is 0 Å². The van der Waals surface area contributed by atoms with Gasteiger partial charge in [-0.05, 0) is 50.8 Å². The number of aliphatic hydroxyl groups excluding tert-OH is 1. The number of rotatable bonds is 4. The lowest BCUT2D eigenvalue weighted by Crippen LogP contribution is -2.52. The minimum Gasteiger partial charge on any atom is -0.507 e. The fourth-order valence-electron chi connectivity index (χ4n) is 5.28. The maximum atomic E-state index is 13.9. The van der Waals surface area contributed by atoms with Gasteiger partial charge in [0.1, 0.15) is 17.6 Å². The molecule has 0 saturated carbocycles. The maximum Gasteiger partial charge on any atom is 0.296 e. The first-order valence-corrected chi connectivity index (χ1v) is 11.3. The van der Waals surface area contributed by atoms with Crippen molar-refractivity contribution in [1.29, 1.82) is 0 Å². The van der Waals surface area contributed by atoms with Crippen LogP contribution in [0.25, 0.3) is 5.76 Å². The fourth-order valence-corrected chi connectivity index (χ4v) is 5.28. The molecule has 2 aromatic rings. The number of anilines is 1. The van der Waals surface area contributed by atoms with Crippen LogP contribution in [0.15, 0.2) is 48.0 Å². The Balaban J connectivity index is 1.76. The number of ether oxygens (including phenoxy) is 1. The molecule has 3 aliphatic rings. The summed E-state index contributed by atoms with van der Waals surface area (Å²) in [6, 6.07) is 12.3. The molecule has 1 fully saturated rings. The lowest BCUT2D eigenvalue weighted by molar-refractivity contribution is -0.143. The van der Waals surface area contributed by atoms with Gasteiger partial charge in [-0.25, -0.2) is 0 Å². The standard InChI is InChI=1S/C26H27N3O5/c1-15-13-17-14-16(9-10-20(17)34-15)22(30)21-23(31)24(32)29(12-11-27(2)3)26(21)18-7-5-6-8-19(18)28(4)25(26)33/h5-10,14-15,30H,11-13H2,1-4H3/b22-21+. The van der Waals surface area contributed by atoms with Gasteiger partial charge in [-0.15, -0.1) is 0 Å². The van der Waals surface area contributed by atoms with Gasteiger partial charge >= 0.3 is 0 Å². The van der Waals surface area contributed by atoms with Crippen molar-refractivity contribution >= 4 is 29.0 Å². The number of amides is 2. The number of carbonyl (C=O) groups is 3. The SMILES string of the molecule is CC1Cc2cc(/C(O)=C3/C(=O)C(=O)N(CCN(C)C)C34C(=O)N(C)c3ccccc34)ccc2O1. The summed E-state index contributed by atoms with van der Waals surface area (Å²) in [6.45, 7) is 2.55. The van der Waals surface area contributed by atoms with Gasteiger partial charge in [-0.2, -0.15) is 0 Å². The van der Waals surface area contributed by atoms with Crippen molar-refractivity contribution in [1.82, 2.24) is 9.80 Å². The number of Topliss-reactive ketones (excluding diaryl/α,β-unsaturated/α-hetero) is 1. The van der Waals surface area contributed by atoms with Crippen LogP contribution in [-0.2, 0) is 26.3 Å². The highest BCUT2D eigenvalue weighted by atomic mass is 16.5. The van der Waals surface area contributed by atoms with Crippen LogP contribution in [0, 0.1) is 0 Å². The number of benzene rings is 2. The first kappa shape index (κ1) is 22.2. The normalized spacial score (nSPS) is 24.9. The van der Waals surface area contributed by atoms with Gasteiger partial charge in [-0.1, -0.05) is 18.2 Å². The highest BCUT2D eigenvalue weighted by molar-refractivity contribution is 6.50. The van der Waals surface area contributed by atoms with E-state index >= 15 is 0 Å².